The van der Waals surface area contributed by atoms with Crippen LogP contribution in [0.15, 0.2) is 30.3 Å². The molecule has 1 aromatic carbocycles. The molecule has 0 aliphatic heterocycles. The van der Waals surface area contributed by atoms with E-state index in [9.17, 15) is 9.59 Å². The van der Waals surface area contributed by atoms with Gasteiger partial charge in [0.1, 0.15) is 0 Å². The van der Waals surface area contributed by atoms with E-state index in [4.69, 9.17) is 5.11 Å². The number of hydrogen-bond acceptors (Lipinski definition) is 2. The number of carboxylic acids is 1. The highest BCUT2D eigenvalue weighted by Gasteiger charge is 2.30. The molecule has 0 radical (unpaired) electrons. The van der Waals surface area contributed by atoms with E-state index in [2.05, 4.69) is 5.32 Å². The average molecular weight is 290 g/mol. The molecular formula is C16H22N2O3. The van der Waals surface area contributed by atoms with Gasteiger partial charge in [0, 0.05) is 24.7 Å². The van der Waals surface area contributed by atoms with Crippen molar-refractivity contribution in [2.24, 2.45) is 5.92 Å². The number of carboxylic acid groups (broad SMARTS) is 1. The maximum absolute atomic E-state index is 12.4. The smallest absolute Gasteiger partial charge is 0.322 e. The fraction of sp³-hybridized carbons (Fsp3) is 0.500. The number of nitrogens with zero attached hydrogens (tertiary/aromatic N) is 1. The summed E-state index contributed by atoms with van der Waals surface area (Å²) in [5, 5.41) is 11.8. The van der Waals surface area contributed by atoms with Gasteiger partial charge in [0.2, 0.25) is 0 Å². The van der Waals surface area contributed by atoms with Crippen LogP contribution in [0.4, 0.5) is 10.5 Å². The zero-order chi connectivity index (χ0) is 15.2. The topological polar surface area (TPSA) is 69.6 Å². The molecule has 21 heavy (non-hydrogen) atoms. The lowest BCUT2D eigenvalue weighted by atomic mass is 10.2. The summed E-state index contributed by atoms with van der Waals surface area (Å²) in [7, 11) is 0. The van der Waals surface area contributed by atoms with Gasteiger partial charge in [-0.25, -0.2) is 4.79 Å². The normalized spacial score (nSPS) is 15.3. The number of carbonyl (C=O) groups excluding carboxylic acids is 1. The minimum atomic E-state index is -0.838. The maximum atomic E-state index is 12.4. The molecule has 1 unspecified atom stereocenters. The summed E-state index contributed by atoms with van der Waals surface area (Å²) in [6, 6.07) is 9.39. The number of carbonyl (C=O) groups is 2. The fourth-order valence-electron chi connectivity index (χ4n) is 2.33. The fourth-order valence-corrected chi connectivity index (χ4v) is 2.33. The minimum absolute atomic E-state index is 0.0643. The van der Waals surface area contributed by atoms with Gasteiger partial charge in [0.15, 0.2) is 0 Å². The first-order chi connectivity index (χ1) is 10.1. The number of benzene rings is 1. The van der Waals surface area contributed by atoms with Gasteiger partial charge in [0.25, 0.3) is 0 Å². The summed E-state index contributed by atoms with van der Waals surface area (Å²) in [5.41, 5.74) is 0.795. The predicted molar refractivity (Wildman–Crippen MR) is 81.4 cm³/mol. The molecule has 0 heterocycles. The Hall–Kier alpha value is -2.04. The summed E-state index contributed by atoms with van der Waals surface area (Å²) < 4.78 is 0. The summed E-state index contributed by atoms with van der Waals surface area (Å²) in [4.78, 5) is 24.7. The van der Waals surface area contributed by atoms with Crippen molar-refractivity contribution in [3.63, 3.8) is 0 Å². The van der Waals surface area contributed by atoms with Crippen LogP contribution in [0.25, 0.3) is 0 Å². The Bertz CT molecular complexity index is 486. The maximum Gasteiger partial charge on any atom is 0.322 e. The van der Waals surface area contributed by atoms with Gasteiger partial charge in [-0.05, 0) is 44.2 Å². The van der Waals surface area contributed by atoms with Gasteiger partial charge in [-0.15, -0.1) is 0 Å². The number of urea groups is 1. The van der Waals surface area contributed by atoms with E-state index in [1.165, 1.54) is 12.8 Å². The van der Waals surface area contributed by atoms with E-state index in [-0.39, 0.29) is 18.5 Å². The summed E-state index contributed by atoms with van der Waals surface area (Å²) in [6.07, 6.45) is 2.85. The van der Waals surface area contributed by atoms with Crippen LogP contribution < -0.4 is 10.2 Å². The second-order valence-electron chi connectivity index (χ2n) is 5.56. The molecule has 1 aliphatic rings. The molecule has 0 saturated heterocycles. The summed E-state index contributed by atoms with van der Waals surface area (Å²) in [5.74, 6) is -0.250. The molecule has 2 amide bonds. The molecule has 0 aromatic heterocycles. The van der Waals surface area contributed by atoms with Crippen LogP contribution in [0, 0.1) is 5.92 Å². The van der Waals surface area contributed by atoms with Crippen molar-refractivity contribution >= 4 is 17.7 Å². The van der Waals surface area contributed by atoms with E-state index < -0.39 is 5.97 Å². The Balaban J connectivity index is 1.99. The number of rotatable bonds is 7. The van der Waals surface area contributed by atoms with Gasteiger partial charge >= 0.3 is 12.0 Å². The number of para-hydroxylation sites is 1. The van der Waals surface area contributed by atoms with Gasteiger partial charge in [0.05, 0.1) is 0 Å². The van der Waals surface area contributed by atoms with Gasteiger partial charge in [-0.1, -0.05) is 18.2 Å². The third-order valence-corrected chi connectivity index (χ3v) is 3.77. The molecule has 2 rings (SSSR count). The second-order valence-corrected chi connectivity index (χ2v) is 5.56. The van der Waals surface area contributed by atoms with E-state index in [1.807, 2.05) is 37.3 Å². The number of anilines is 1. The van der Waals surface area contributed by atoms with E-state index >= 15 is 0 Å². The largest absolute Gasteiger partial charge is 0.481 e. The first-order valence-electron chi connectivity index (χ1n) is 7.43. The zero-order valence-corrected chi connectivity index (χ0v) is 12.3. The zero-order valence-electron chi connectivity index (χ0n) is 12.3. The highest BCUT2D eigenvalue weighted by molar-refractivity contribution is 5.92. The van der Waals surface area contributed by atoms with Crippen molar-refractivity contribution in [3.05, 3.63) is 30.3 Å². The SMILES string of the molecule is CC(NC(=O)N(CCCC(=O)O)c1ccccc1)C1CC1. The van der Waals surface area contributed by atoms with Gasteiger partial charge in [-0.3, -0.25) is 9.69 Å². The Kier molecular flexibility index (Phi) is 5.20. The van der Waals surface area contributed by atoms with Crippen LogP contribution in [0.1, 0.15) is 32.6 Å². The van der Waals surface area contributed by atoms with Crippen molar-refractivity contribution in [3.8, 4) is 0 Å². The van der Waals surface area contributed by atoms with Gasteiger partial charge in [-0.2, -0.15) is 0 Å². The van der Waals surface area contributed by atoms with Crippen molar-refractivity contribution in [1.82, 2.24) is 5.32 Å². The quantitative estimate of drug-likeness (QED) is 0.811. The van der Waals surface area contributed by atoms with Crippen LogP contribution in [0.2, 0.25) is 0 Å². The van der Waals surface area contributed by atoms with E-state index in [1.54, 1.807) is 4.90 Å². The molecule has 1 atom stereocenters. The molecule has 5 heteroatoms. The molecule has 0 bridgehead atoms. The van der Waals surface area contributed by atoms with Crippen molar-refractivity contribution < 1.29 is 14.7 Å². The Morgan fingerprint density at radius 1 is 1.33 bits per heavy atom. The van der Waals surface area contributed by atoms with Crippen LogP contribution >= 0.6 is 0 Å². The lowest BCUT2D eigenvalue weighted by molar-refractivity contribution is -0.137. The molecule has 1 fully saturated rings. The third-order valence-electron chi connectivity index (χ3n) is 3.77. The molecule has 114 valence electrons. The first kappa shape index (κ1) is 15.4. The van der Waals surface area contributed by atoms with Crippen LogP contribution in [0.3, 0.4) is 0 Å². The van der Waals surface area contributed by atoms with Gasteiger partial charge < -0.3 is 10.4 Å². The monoisotopic (exact) mass is 290 g/mol. The number of hydrogen-bond donors (Lipinski definition) is 2. The van der Waals surface area contributed by atoms with Crippen molar-refractivity contribution in [2.45, 2.75) is 38.6 Å². The Morgan fingerprint density at radius 3 is 2.57 bits per heavy atom. The predicted octanol–water partition coefficient (Wildman–Crippen LogP) is 2.87. The highest BCUT2D eigenvalue weighted by Crippen LogP contribution is 2.32. The summed E-state index contributed by atoms with van der Waals surface area (Å²) >= 11 is 0. The number of aliphatic carboxylic acids is 1. The summed E-state index contributed by atoms with van der Waals surface area (Å²) in [6.45, 7) is 2.43. The standard InChI is InChI=1S/C16H22N2O3/c1-12(13-9-10-13)17-16(21)18(11-5-8-15(19)20)14-6-3-2-4-7-14/h2-4,6-7,12-13H,5,8-11H2,1H3,(H,17,21)(H,19,20). The van der Waals surface area contributed by atoms with Crippen LogP contribution in [0.5, 0.6) is 0 Å². The number of amides is 2. The average Bonchev–Trinajstić information content (AvgIpc) is 3.28. The Morgan fingerprint density at radius 2 is 2.00 bits per heavy atom. The molecule has 1 saturated carbocycles. The highest BCUT2D eigenvalue weighted by atomic mass is 16.4. The van der Waals surface area contributed by atoms with E-state index in [0.29, 0.717) is 18.9 Å². The van der Waals surface area contributed by atoms with Crippen molar-refractivity contribution in [2.75, 3.05) is 11.4 Å². The Labute approximate surface area is 125 Å². The van der Waals surface area contributed by atoms with Crippen LogP contribution in [-0.2, 0) is 4.79 Å². The van der Waals surface area contributed by atoms with E-state index in [0.717, 1.165) is 5.69 Å². The first-order valence-corrected chi connectivity index (χ1v) is 7.43. The lowest BCUT2D eigenvalue weighted by Gasteiger charge is -2.25. The minimum Gasteiger partial charge on any atom is -0.481 e. The molecule has 2 N–H and O–H groups in total. The van der Waals surface area contributed by atoms with Crippen LogP contribution in [-0.4, -0.2) is 29.7 Å². The van der Waals surface area contributed by atoms with Crippen molar-refractivity contribution in [1.29, 1.82) is 0 Å². The second kappa shape index (κ2) is 7.11. The number of nitrogens with one attached hydrogen (secondary N) is 1. The molecule has 5 nitrogen and oxygen atoms in total. The molecule has 0 spiro atoms. The molecule has 1 aliphatic carbocycles. The lowest BCUT2D eigenvalue weighted by Crippen LogP contribution is -2.45. The molecular weight excluding hydrogens is 268 g/mol. The third kappa shape index (κ3) is 4.77. The molecule has 1 aromatic rings.